The Balaban J connectivity index is 1.78. The molecule has 0 saturated heterocycles. The van der Waals surface area contributed by atoms with Crippen LogP contribution in [0, 0.1) is 0 Å². The lowest BCUT2D eigenvalue weighted by atomic mass is 10.1. The Labute approximate surface area is 112 Å². The summed E-state index contributed by atoms with van der Waals surface area (Å²) in [6, 6.07) is 8.19. The third-order valence-corrected chi connectivity index (χ3v) is 4.17. The number of rotatable bonds is 5. The predicted octanol–water partition coefficient (Wildman–Crippen LogP) is 3.30. The van der Waals surface area contributed by atoms with E-state index in [4.69, 9.17) is 0 Å². The summed E-state index contributed by atoms with van der Waals surface area (Å²) in [6.07, 6.45) is 5.39. The van der Waals surface area contributed by atoms with Crippen molar-refractivity contribution < 1.29 is 0 Å². The quantitative estimate of drug-likeness (QED) is 0.896. The number of benzene rings is 1. The second-order valence-electron chi connectivity index (χ2n) is 5.27. The summed E-state index contributed by atoms with van der Waals surface area (Å²) < 4.78 is 1.18. The summed E-state index contributed by atoms with van der Waals surface area (Å²) in [7, 11) is 2.22. The van der Waals surface area contributed by atoms with Crippen molar-refractivity contribution in [3.8, 4) is 0 Å². The van der Waals surface area contributed by atoms with E-state index in [0.29, 0.717) is 0 Å². The molecular formula is C14H19BrN2. The summed E-state index contributed by atoms with van der Waals surface area (Å²) in [5.74, 6) is 0. The van der Waals surface area contributed by atoms with Gasteiger partial charge in [-0.15, -0.1) is 0 Å². The smallest absolute Gasteiger partial charge is 0.0423 e. The van der Waals surface area contributed by atoms with Gasteiger partial charge < -0.3 is 10.2 Å². The average Bonchev–Trinajstić information content (AvgIpc) is 3.16. The number of nitrogens with zero attached hydrogens (tertiary/aromatic N) is 1. The summed E-state index contributed by atoms with van der Waals surface area (Å²) in [5.41, 5.74) is 2.81. The minimum atomic E-state index is 0.768. The maximum Gasteiger partial charge on any atom is 0.0423 e. The van der Waals surface area contributed by atoms with Crippen LogP contribution in [0.4, 0.5) is 5.69 Å². The van der Waals surface area contributed by atoms with Gasteiger partial charge in [0.15, 0.2) is 0 Å². The fourth-order valence-corrected chi connectivity index (χ4v) is 2.56. The van der Waals surface area contributed by atoms with Gasteiger partial charge in [-0.05, 0) is 43.4 Å². The van der Waals surface area contributed by atoms with Crippen LogP contribution in [-0.2, 0) is 6.54 Å². The minimum Gasteiger partial charge on any atom is -0.371 e. The first-order chi connectivity index (χ1) is 8.24. The molecule has 0 aliphatic heterocycles. The highest BCUT2D eigenvalue weighted by molar-refractivity contribution is 9.10. The first kappa shape index (κ1) is 11.5. The summed E-state index contributed by atoms with van der Waals surface area (Å²) in [4.78, 5) is 2.44. The molecule has 0 atom stereocenters. The van der Waals surface area contributed by atoms with Gasteiger partial charge in [-0.25, -0.2) is 0 Å². The molecule has 2 aliphatic rings. The Morgan fingerprint density at radius 3 is 2.71 bits per heavy atom. The van der Waals surface area contributed by atoms with Crippen LogP contribution in [0.2, 0.25) is 0 Å². The zero-order valence-electron chi connectivity index (χ0n) is 10.2. The first-order valence-electron chi connectivity index (χ1n) is 6.48. The Bertz CT molecular complexity index is 411. The van der Waals surface area contributed by atoms with Crippen molar-refractivity contribution in [2.75, 3.05) is 11.9 Å². The summed E-state index contributed by atoms with van der Waals surface area (Å²) >= 11 is 3.58. The topological polar surface area (TPSA) is 15.3 Å². The van der Waals surface area contributed by atoms with Crippen LogP contribution >= 0.6 is 15.9 Å². The van der Waals surface area contributed by atoms with E-state index in [1.807, 2.05) is 0 Å². The summed E-state index contributed by atoms with van der Waals surface area (Å²) in [5, 5.41) is 3.60. The van der Waals surface area contributed by atoms with Crippen LogP contribution in [0.5, 0.6) is 0 Å². The van der Waals surface area contributed by atoms with Crippen LogP contribution < -0.4 is 10.2 Å². The van der Waals surface area contributed by atoms with E-state index >= 15 is 0 Å². The normalized spacial score (nSPS) is 19.4. The van der Waals surface area contributed by atoms with Gasteiger partial charge in [0.1, 0.15) is 0 Å². The van der Waals surface area contributed by atoms with Crippen LogP contribution in [0.15, 0.2) is 22.7 Å². The summed E-state index contributed by atoms with van der Waals surface area (Å²) in [6.45, 7) is 1.00. The van der Waals surface area contributed by atoms with Crippen molar-refractivity contribution in [1.82, 2.24) is 5.32 Å². The molecule has 92 valence electrons. The van der Waals surface area contributed by atoms with Crippen molar-refractivity contribution >= 4 is 21.6 Å². The second-order valence-corrected chi connectivity index (χ2v) is 6.19. The first-order valence-corrected chi connectivity index (χ1v) is 7.28. The number of hydrogen-bond donors (Lipinski definition) is 1. The maximum absolute atomic E-state index is 3.60. The highest BCUT2D eigenvalue weighted by atomic mass is 79.9. The van der Waals surface area contributed by atoms with Crippen molar-refractivity contribution in [3.05, 3.63) is 28.2 Å². The monoisotopic (exact) mass is 294 g/mol. The Hall–Kier alpha value is -0.540. The van der Waals surface area contributed by atoms with E-state index in [1.165, 1.54) is 41.4 Å². The Morgan fingerprint density at radius 1 is 1.29 bits per heavy atom. The van der Waals surface area contributed by atoms with E-state index < -0.39 is 0 Å². The zero-order valence-corrected chi connectivity index (χ0v) is 11.8. The number of nitrogens with one attached hydrogen (secondary N) is 1. The third-order valence-electron chi connectivity index (χ3n) is 3.68. The van der Waals surface area contributed by atoms with Gasteiger partial charge in [0.2, 0.25) is 0 Å². The van der Waals surface area contributed by atoms with E-state index in [1.54, 1.807) is 0 Å². The molecule has 0 heterocycles. The van der Waals surface area contributed by atoms with Gasteiger partial charge in [-0.3, -0.25) is 0 Å². The van der Waals surface area contributed by atoms with E-state index in [9.17, 15) is 0 Å². The average molecular weight is 295 g/mol. The van der Waals surface area contributed by atoms with Crippen molar-refractivity contribution in [2.24, 2.45) is 0 Å². The Kier molecular flexibility index (Phi) is 3.14. The molecule has 3 heteroatoms. The minimum absolute atomic E-state index is 0.768. The van der Waals surface area contributed by atoms with E-state index in [0.717, 1.165) is 18.6 Å². The molecule has 0 radical (unpaired) electrons. The van der Waals surface area contributed by atoms with E-state index in [-0.39, 0.29) is 0 Å². The van der Waals surface area contributed by atoms with Gasteiger partial charge in [0.05, 0.1) is 0 Å². The van der Waals surface area contributed by atoms with Crippen molar-refractivity contribution in [3.63, 3.8) is 0 Å². The standard InChI is InChI=1S/C14H19BrN2/c1-17(13-6-7-13)14-8-11(15)3-2-10(14)9-16-12-4-5-12/h2-3,8,12-13,16H,4-7,9H2,1H3. The van der Waals surface area contributed by atoms with E-state index in [2.05, 4.69) is 51.4 Å². The highest BCUT2D eigenvalue weighted by Crippen LogP contribution is 2.34. The highest BCUT2D eigenvalue weighted by Gasteiger charge is 2.28. The van der Waals surface area contributed by atoms with Crippen LogP contribution in [0.25, 0.3) is 0 Å². The van der Waals surface area contributed by atoms with Gasteiger partial charge >= 0.3 is 0 Å². The second kappa shape index (κ2) is 4.62. The Morgan fingerprint density at radius 2 is 2.06 bits per heavy atom. The lowest BCUT2D eigenvalue weighted by molar-refractivity contribution is 0.685. The molecule has 2 fully saturated rings. The SMILES string of the molecule is CN(c1cc(Br)ccc1CNC1CC1)C1CC1. The zero-order chi connectivity index (χ0) is 11.8. The molecule has 1 N–H and O–H groups in total. The molecule has 1 aromatic rings. The fourth-order valence-electron chi connectivity index (χ4n) is 2.22. The molecule has 1 aromatic carbocycles. The number of halogens is 1. The lowest BCUT2D eigenvalue weighted by Crippen LogP contribution is -2.23. The number of anilines is 1. The molecule has 0 spiro atoms. The molecule has 2 aliphatic carbocycles. The van der Waals surface area contributed by atoms with Gasteiger partial charge in [0, 0.05) is 35.8 Å². The predicted molar refractivity (Wildman–Crippen MR) is 75.4 cm³/mol. The van der Waals surface area contributed by atoms with Crippen molar-refractivity contribution in [1.29, 1.82) is 0 Å². The lowest BCUT2D eigenvalue weighted by Gasteiger charge is -2.22. The molecular weight excluding hydrogens is 276 g/mol. The van der Waals surface area contributed by atoms with Gasteiger partial charge in [-0.2, -0.15) is 0 Å². The van der Waals surface area contributed by atoms with Crippen molar-refractivity contribution in [2.45, 2.75) is 44.3 Å². The molecule has 0 unspecified atom stereocenters. The molecule has 0 aromatic heterocycles. The third kappa shape index (κ3) is 2.83. The number of hydrogen-bond acceptors (Lipinski definition) is 2. The molecule has 0 amide bonds. The van der Waals surface area contributed by atoms with Gasteiger partial charge in [-0.1, -0.05) is 22.0 Å². The molecule has 2 saturated carbocycles. The molecule has 0 bridgehead atoms. The fraction of sp³-hybridized carbons (Fsp3) is 0.571. The van der Waals surface area contributed by atoms with Crippen LogP contribution in [0.1, 0.15) is 31.2 Å². The maximum atomic E-state index is 3.60. The largest absolute Gasteiger partial charge is 0.371 e. The molecule has 3 rings (SSSR count). The molecule has 2 nitrogen and oxygen atoms in total. The van der Waals surface area contributed by atoms with Crippen LogP contribution in [0.3, 0.4) is 0 Å². The van der Waals surface area contributed by atoms with Crippen LogP contribution in [-0.4, -0.2) is 19.1 Å². The van der Waals surface area contributed by atoms with Gasteiger partial charge in [0.25, 0.3) is 0 Å². The molecule has 17 heavy (non-hydrogen) atoms.